The minimum absolute atomic E-state index is 0.203. The average molecular weight is 275 g/mol. The zero-order valence-electron chi connectivity index (χ0n) is 11.9. The number of aliphatic hydroxyl groups excluding tert-OH is 4. The van der Waals surface area contributed by atoms with Crippen molar-refractivity contribution in [3.05, 3.63) is 0 Å². The monoisotopic (exact) mass is 275 g/mol. The summed E-state index contributed by atoms with van der Waals surface area (Å²) in [5.41, 5.74) is -0.872. The summed E-state index contributed by atoms with van der Waals surface area (Å²) in [5.74, 6) is 0. The Morgan fingerprint density at radius 2 is 1.68 bits per heavy atom. The number of rotatable bonds is 8. The number of aliphatic hydroxyl groups is 4. The molecule has 0 unspecified atom stereocenters. The number of hydrogen-bond acceptors (Lipinski definition) is 5. The summed E-state index contributed by atoms with van der Waals surface area (Å²) in [6.45, 7) is 2.15. The molecular formula is C14H29NO4. The second-order valence-corrected chi connectivity index (χ2v) is 5.72. The van der Waals surface area contributed by atoms with E-state index in [1.54, 1.807) is 0 Å². The van der Waals surface area contributed by atoms with Crippen molar-refractivity contribution < 1.29 is 20.4 Å². The van der Waals surface area contributed by atoms with Crippen LogP contribution in [0, 0.1) is 0 Å². The molecule has 0 saturated carbocycles. The molecule has 0 aromatic carbocycles. The van der Waals surface area contributed by atoms with E-state index in [1.165, 1.54) is 19.3 Å². The highest BCUT2D eigenvalue weighted by molar-refractivity contribution is 5.04. The molecule has 4 atom stereocenters. The Morgan fingerprint density at radius 1 is 1.05 bits per heavy atom. The van der Waals surface area contributed by atoms with Crippen molar-refractivity contribution in [2.45, 2.75) is 75.7 Å². The average Bonchev–Trinajstić information content (AvgIpc) is 2.43. The lowest BCUT2D eigenvalue weighted by molar-refractivity contribution is -0.135. The van der Waals surface area contributed by atoms with Crippen molar-refractivity contribution in [1.29, 1.82) is 0 Å². The van der Waals surface area contributed by atoms with Crippen LogP contribution in [0.5, 0.6) is 0 Å². The Labute approximate surface area is 115 Å². The van der Waals surface area contributed by atoms with Gasteiger partial charge in [0.25, 0.3) is 0 Å². The standard InChI is InChI=1S/C14H29NO4/c1-2-3-4-5-6-7-8-14(10-16)13(19)12(18)11(17)9-15-14/h11-13,15-19H,2-10H2,1H3/t11-,12+,13-,14+/m0/s1. The second-order valence-electron chi connectivity index (χ2n) is 5.72. The van der Waals surface area contributed by atoms with Crippen LogP contribution in [-0.2, 0) is 0 Å². The summed E-state index contributed by atoms with van der Waals surface area (Å²) >= 11 is 0. The smallest absolute Gasteiger partial charge is 0.109 e. The molecule has 0 amide bonds. The first kappa shape index (κ1) is 16.9. The normalized spacial score (nSPS) is 35.5. The minimum Gasteiger partial charge on any atom is -0.394 e. The highest BCUT2D eigenvalue weighted by atomic mass is 16.4. The van der Waals surface area contributed by atoms with E-state index in [4.69, 9.17) is 0 Å². The molecule has 0 aromatic rings. The van der Waals surface area contributed by atoms with E-state index in [0.717, 1.165) is 19.3 Å². The molecule has 0 aliphatic carbocycles. The van der Waals surface area contributed by atoms with Crippen LogP contribution >= 0.6 is 0 Å². The van der Waals surface area contributed by atoms with E-state index >= 15 is 0 Å². The predicted molar refractivity (Wildman–Crippen MR) is 73.8 cm³/mol. The van der Waals surface area contributed by atoms with Crippen LogP contribution < -0.4 is 5.32 Å². The molecule has 1 fully saturated rings. The van der Waals surface area contributed by atoms with Crippen molar-refractivity contribution in [2.75, 3.05) is 13.2 Å². The van der Waals surface area contributed by atoms with E-state index in [-0.39, 0.29) is 13.2 Å². The van der Waals surface area contributed by atoms with Crippen LogP contribution in [0.2, 0.25) is 0 Å². The highest BCUT2D eigenvalue weighted by Gasteiger charge is 2.46. The quantitative estimate of drug-likeness (QED) is 0.407. The summed E-state index contributed by atoms with van der Waals surface area (Å²) < 4.78 is 0. The van der Waals surface area contributed by atoms with Gasteiger partial charge in [0.2, 0.25) is 0 Å². The predicted octanol–water partition coefficient (Wildman–Crippen LogP) is 0.154. The van der Waals surface area contributed by atoms with Crippen LogP contribution in [0.15, 0.2) is 0 Å². The first-order valence-corrected chi connectivity index (χ1v) is 7.47. The number of unbranched alkanes of at least 4 members (excludes halogenated alkanes) is 5. The van der Waals surface area contributed by atoms with Gasteiger partial charge in [-0.15, -0.1) is 0 Å². The third-order valence-corrected chi connectivity index (χ3v) is 4.21. The van der Waals surface area contributed by atoms with Gasteiger partial charge >= 0.3 is 0 Å². The van der Waals surface area contributed by atoms with E-state index in [2.05, 4.69) is 12.2 Å². The Morgan fingerprint density at radius 3 is 2.32 bits per heavy atom. The number of piperidine rings is 1. The fraction of sp³-hybridized carbons (Fsp3) is 1.00. The van der Waals surface area contributed by atoms with E-state index < -0.39 is 23.9 Å². The molecule has 5 nitrogen and oxygen atoms in total. The second kappa shape index (κ2) is 8.17. The molecule has 1 aliphatic rings. The Kier molecular flexibility index (Phi) is 7.25. The van der Waals surface area contributed by atoms with Crippen LogP contribution in [0.4, 0.5) is 0 Å². The van der Waals surface area contributed by atoms with Gasteiger partial charge < -0.3 is 25.7 Å². The fourth-order valence-corrected chi connectivity index (χ4v) is 2.76. The molecule has 0 spiro atoms. The maximum Gasteiger partial charge on any atom is 0.109 e. The third-order valence-electron chi connectivity index (χ3n) is 4.21. The molecule has 1 heterocycles. The van der Waals surface area contributed by atoms with Crippen molar-refractivity contribution in [3.8, 4) is 0 Å². The van der Waals surface area contributed by atoms with Crippen LogP contribution in [0.1, 0.15) is 51.9 Å². The zero-order valence-corrected chi connectivity index (χ0v) is 11.9. The summed E-state index contributed by atoms with van der Waals surface area (Å²) in [5, 5.41) is 41.8. The summed E-state index contributed by atoms with van der Waals surface area (Å²) in [6, 6.07) is 0. The van der Waals surface area contributed by atoms with Gasteiger partial charge in [0.15, 0.2) is 0 Å². The summed E-state index contributed by atoms with van der Waals surface area (Å²) in [4.78, 5) is 0. The van der Waals surface area contributed by atoms with Gasteiger partial charge in [-0.05, 0) is 6.42 Å². The minimum atomic E-state index is -1.19. The molecule has 5 heteroatoms. The van der Waals surface area contributed by atoms with Crippen molar-refractivity contribution in [1.82, 2.24) is 5.32 Å². The molecular weight excluding hydrogens is 246 g/mol. The number of β-amino-alcohol motifs (C(OH)–C–C–N with tert-alkyl or cyclic N) is 1. The van der Waals surface area contributed by atoms with Crippen LogP contribution in [0.25, 0.3) is 0 Å². The van der Waals surface area contributed by atoms with E-state index in [1.807, 2.05) is 0 Å². The maximum atomic E-state index is 10.1. The van der Waals surface area contributed by atoms with Gasteiger partial charge in [0.05, 0.1) is 18.2 Å². The first-order chi connectivity index (χ1) is 9.07. The highest BCUT2D eigenvalue weighted by Crippen LogP contribution is 2.26. The van der Waals surface area contributed by atoms with E-state index in [0.29, 0.717) is 6.42 Å². The maximum absolute atomic E-state index is 10.1. The van der Waals surface area contributed by atoms with Gasteiger partial charge in [0, 0.05) is 6.54 Å². The van der Waals surface area contributed by atoms with Gasteiger partial charge in [0.1, 0.15) is 12.2 Å². The van der Waals surface area contributed by atoms with Gasteiger partial charge in [-0.2, -0.15) is 0 Å². The Balaban J connectivity index is 2.38. The molecule has 0 bridgehead atoms. The fourth-order valence-electron chi connectivity index (χ4n) is 2.76. The first-order valence-electron chi connectivity index (χ1n) is 7.47. The molecule has 5 N–H and O–H groups in total. The molecule has 1 saturated heterocycles. The third kappa shape index (κ3) is 4.39. The zero-order chi connectivity index (χ0) is 14.3. The van der Waals surface area contributed by atoms with Crippen molar-refractivity contribution in [2.24, 2.45) is 0 Å². The summed E-state index contributed by atoms with van der Waals surface area (Å²) in [6.07, 6.45) is 4.13. The Hall–Kier alpha value is -0.200. The lowest BCUT2D eigenvalue weighted by Gasteiger charge is -2.45. The number of hydrogen-bond donors (Lipinski definition) is 5. The van der Waals surface area contributed by atoms with Gasteiger partial charge in [-0.3, -0.25) is 0 Å². The van der Waals surface area contributed by atoms with Crippen LogP contribution in [-0.4, -0.2) is 57.4 Å². The lowest BCUT2D eigenvalue weighted by Crippen LogP contribution is -2.69. The van der Waals surface area contributed by atoms with E-state index in [9.17, 15) is 20.4 Å². The van der Waals surface area contributed by atoms with Gasteiger partial charge in [-0.25, -0.2) is 0 Å². The summed E-state index contributed by atoms with van der Waals surface area (Å²) in [7, 11) is 0. The molecule has 114 valence electrons. The largest absolute Gasteiger partial charge is 0.394 e. The molecule has 1 aliphatic heterocycles. The molecule has 0 aromatic heterocycles. The molecule has 19 heavy (non-hydrogen) atoms. The van der Waals surface area contributed by atoms with Gasteiger partial charge in [-0.1, -0.05) is 45.4 Å². The SMILES string of the molecule is CCCCCCCC[C@]1(CO)NC[C@H](O)[C@@H](O)[C@@H]1O. The Bertz CT molecular complexity index is 252. The lowest BCUT2D eigenvalue weighted by atomic mass is 9.79. The number of nitrogens with one attached hydrogen (secondary N) is 1. The molecule has 0 radical (unpaired) electrons. The topological polar surface area (TPSA) is 93.0 Å². The van der Waals surface area contributed by atoms with Crippen molar-refractivity contribution >= 4 is 0 Å². The molecule has 1 rings (SSSR count). The van der Waals surface area contributed by atoms with Crippen LogP contribution in [0.3, 0.4) is 0 Å². The van der Waals surface area contributed by atoms with Crippen molar-refractivity contribution in [3.63, 3.8) is 0 Å².